The molecule has 0 aliphatic heterocycles. The van der Waals surface area contributed by atoms with Gasteiger partial charge in [0.15, 0.2) is 0 Å². The zero-order valence-corrected chi connectivity index (χ0v) is 2.87. The van der Waals surface area contributed by atoms with E-state index < -0.39 is 0 Å². The van der Waals surface area contributed by atoms with Crippen LogP contribution in [-0.2, 0) is 20.4 Å². The molecular weight excluding hydrogens is 95.9 g/mol. The van der Waals surface area contributed by atoms with Crippen LogP contribution in [0.3, 0.4) is 0 Å². The molecular formula is C2FeO. The molecule has 2 heteroatoms. The van der Waals surface area contributed by atoms with Crippen LogP contribution >= 0.6 is 0 Å². The molecule has 1 nitrogen and oxygen atoms in total. The van der Waals surface area contributed by atoms with Crippen molar-refractivity contribution in [2.75, 3.05) is 0 Å². The Hall–Kier alpha value is 0.0995. The standard InChI is InChI=1S/CO.C.Fe/c1-2;;. The van der Waals surface area contributed by atoms with Gasteiger partial charge in [-0.2, -0.15) is 0 Å². The molecule has 0 rings (SSSR count). The summed E-state index contributed by atoms with van der Waals surface area (Å²) >= 11 is 2.68. The first-order valence-electron chi connectivity index (χ1n) is 0.381. The van der Waals surface area contributed by atoms with Gasteiger partial charge in [0.2, 0.25) is 0 Å². The first kappa shape index (κ1) is 8.93. The van der Waals surface area contributed by atoms with Crippen molar-refractivity contribution < 1.29 is 20.4 Å². The molecule has 0 aromatic rings. The third kappa shape index (κ3) is 256. The van der Waals surface area contributed by atoms with Crippen molar-refractivity contribution in [3.63, 3.8) is 0 Å². The molecule has 0 saturated carbocycles. The molecule has 0 heterocycles. The van der Waals surface area contributed by atoms with Crippen LogP contribution in [0.15, 0.2) is 0 Å². The second kappa shape index (κ2) is 11.3. The molecule has 0 fully saturated rings. The Morgan fingerprint density at radius 1 is 1.75 bits per heavy atom. The van der Waals surface area contributed by atoms with E-state index in [0.29, 0.717) is 0 Å². The van der Waals surface area contributed by atoms with Crippen molar-refractivity contribution in [1.82, 2.24) is 0 Å². The van der Waals surface area contributed by atoms with E-state index in [1.54, 1.807) is 0 Å². The SMILES string of the molecule is O=[C]=[Fe].[C]. The second-order valence-electron chi connectivity index (χ2n) is 0.0722. The number of rotatable bonds is 0. The first-order chi connectivity index (χ1) is 1.41. The minimum Gasteiger partial charge on any atom is 0 e. The number of hydrogen-bond donors (Lipinski definition) is 0. The molecule has 0 saturated heterocycles. The van der Waals surface area contributed by atoms with E-state index in [2.05, 4.69) is 15.6 Å². The van der Waals surface area contributed by atoms with Crippen LogP contribution in [0.4, 0.5) is 0 Å². The summed E-state index contributed by atoms with van der Waals surface area (Å²) in [4.78, 5) is 9.82. The van der Waals surface area contributed by atoms with Gasteiger partial charge in [-0.05, 0) is 0 Å². The second-order valence-corrected chi connectivity index (χ2v) is 0.298. The van der Waals surface area contributed by atoms with Gasteiger partial charge in [-0.25, -0.2) is 0 Å². The van der Waals surface area contributed by atoms with Gasteiger partial charge in [0.1, 0.15) is 0 Å². The largest absolute Gasteiger partial charge is 0 e. The summed E-state index contributed by atoms with van der Waals surface area (Å²) < 4.78 is 0. The third-order valence-electron chi connectivity index (χ3n) is 0. The number of hydrogen-bond acceptors (Lipinski definition) is 1. The molecule has 0 aliphatic rings. The van der Waals surface area contributed by atoms with Crippen molar-refractivity contribution in [1.29, 1.82) is 0 Å². The first-order valence-corrected chi connectivity index (χ1v) is 0.933. The van der Waals surface area contributed by atoms with Crippen molar-refractivity contribution >= 4 is 4.79 Å². The van der Waals surface area contributed by atoms with E-state index in [1.165, 1.54) is 4.79 Å². The summed E-state index contributed by atoms with van der Waals surface area (Å²) in [6.45, 7) is 0. The number of carbonyl (C=O) groups excluding carboxylic acids is 1. The van der Waals surface area contributed by atoms with Gasteiger partial charge in [0, 0.05) is 7.43 Å². The zero-order valence-electron chi connectivity index (χ0n) is 1.76. The van der Waals surface area contributed by atoms with Crippen molar-refractivity contribution in [3.8, 4) is 0 Å². The van der Waals surface area contributed by atoms with Crippen molar-refractivity contribution in [2.45, 2.75) is 0 Å². The average Bonchev–Trinajstić information content (AvgIpc) is 0.918. The minimum absolute atomic E-state index is 0. The average molecular weight is 95.9 g/mol. The smallest absolute Gasteiger partial charge is 0 e. The molecule has 0 aromatic heterocycles. The molecule has 0 unspecified atom stereocenters. The molecule has 0 aliphatic carbocycles. The molecule has 0 amide bonds. The molecule has 0 atom stereocenters. The maximum absolute atomic E-state index is 8.57. The third-order valence-corrected chi connectivity index (χ3v) is 0. The van der Waals surface area contributed by atoms with Crippen molar-refractivity contribution in [2.24, 2.45) is 0 Å². The summed E-state index contributed by atoms with van der Waals surface area (Å²) in [5.41, 5.74) is 0. The van der Waals surface area contributed by atoms with Gasteiger partial charge in [-0.15, -0.1) is 0 Å². The topological polar surface area (TPSA) is 17.1 Å². The van der Waals surface area contributed by atoms with Gasteiger partial charge in [0.25, 0.3) is 0 Å². The summed E-state index contributed by atoms with van der Waals surface area (Å²) in [6, 6.07) is 0. The Balaban J connectivity index is 0. The Bertz CT molecular complexity index is 27.0. The van der Waals surface area contributed by atoms with E-state index in [1.807, 2.05) is 0 Å². The molecule has 0 spiro atoms. The Labute approximate surface area is 33.4 Å². The van der Waals surface area contributed by atoms with Crippen LogP contribution in [-0.4, -0.2) is 4.79 Å². The van der Waals surface area contributed by atoms with Crippen LogP contribution in [0.2, 0.25) is 0 Å². The van der Waals surface area contributed by atoms with E-state index in [9.17, 15) is 0 Å². The Morgan fingerprint density at radius 2 is 1.75 bits per heavy atom. The fourth-order valence-electron chi connectivity index (χ4n) is 0. The van der Waals surface area contributed by atoms with Crippen LogP contribution in [0.1, 0.15) is 0 Å². The molecule has 22 valence electrons. The van der Waals surface area contributed by atoms with E-state index in [-0.39, 0.29) is 7.43 Å². The quantitative estimate of drug-likeness (QED) is 0.377. The molecule has 4 radical (unpaired) electrons. The van der Waals surface area contributed by atoms with Crippen LogP contribution in [0, 0.1) is 7.43 Å². The molecule has 0 bridgehead atoms. The van der Waals surface area contributed by atoms with Gasteiger partial charge in [-0.3, -0.25) is 0 Å². The van der Waals surface area contributed by atoms with Crippen molar-refractivity contribution in [3.05, 3.63) is 7.43 Å². The maximum atomic E-state index is 8.57. The summed E-state index contributed by atoms with van der Waals surface area (Å²) in [5, 5.41) is 0. The Kier molecular flexibility index (Phi) is 25.2. The zero-order chi connectivity index (χ0) is 2.71. The van der Waals surface area contributed by atoms with Gasteiger partial charge < -0.3 is 0 Å². The summed E-state index contributed by atoms with van der Waals surface area (Å²) in [5.74, 6) is 0. The molecule has 0 N–H and O–H groups in total. The predicted molar refractivity (Wildman–Crippen MR) is 8.94 cm³/mol. The fraction of sp³-hybridized carbons (Fsp3) is 0. The maximum Gasteiger partial charge on any atom is 0 e. The molecule has 0 aromatic carbocycles. The fourth-order valence-corrected chi connectivity index (χ4v) is 0. The normalized spacial score (nSPS) is 2.25. The predicted octanol–water partition coefficient (Wildman–Crippen LogP) is -0.318. The minimum atomic E-state index is 0. The van der Waals surface area contributed by atoms with E-state index in [0.717, 1.165) is 0 Å². The Morgan fingerprint density at radius 3 is 1.75 bits per heavy atom. The summed E-state index contributed by atoms with van der Waals surface area (Å²) in [6.07, 6.45) is 0. The van der Waals surface area contributed by atoms with Gasteiger partial charge in [0.05, 0.1) is 0 Å². The van der Waals surface area contributed by atoms with E-state index in [4.69, 9.17) is 4.79 Å². The van der Waals surface area contributed by atoms with Crippen LogP contribution < -0.4 is 0 Å². The monoisotopic (exact) mass is 95.9 g/mol. The molecule has 4 heavy (non-hydrogen) atoms. The van der Waals surface area contributed by atoms with Gasteiger partial charge >= 0.3 is 25.2 Å². The summed E-state index contributed by atoms with van der Waals surface area (Å²) in [7, 11) is 0. The van der Waals surface area contributed by atoms with Gasteiger partial charge in [-0.1, -0.05) is 0 Å². The van der Waals surface area contributed by atoms with E-state index >= 15 is 0 Å². The van der Waals surface area contributed by atoms with Crippen LogP contribution in [0.25, 0.3) is 0 Å². The van der Waals surface area contributed by atoms with Crippen LogP contribution in [0.5, 0.6) is 0 Å².